The van der Waals surface area contributed by atoms with Crippen molar-refractivity contribution < 1.29 is 28.3 Å². The number of nitrogens with zero attached hydrogens (tertiary/aromatic N) is 5. The van der Waals surface area contributed by atoms with Gasteiger partial charge in [-0.1, -0.05) is 44.2 Å². The number of rotatable bonds is 10. The Hall–Kier alpha value is -4.43. The molecule has 3 heterocycles. The van der Waals surface area contributed by atoms with E-state index in [-0.39, 0.29) is 29.2 Å². The van der Waals surface area contributed by atoms with Gasteiger partial charge in [0.05, 0.1) is 38.1 Å². The molecule has 2 aromatic heterocycles. The molecule has 3 aromatic rings. The quantitative estimate of drug-likeness (QED) is 0.336. The molecule has 224 valence electrons. The van der Waals surface area contributed by atoms with Gasteiger partial charge in [-0.15, -0.1) is 10.2 Å². The summed E-state index contributed by atoms with van der Waals surface area (Å²) in [4.78, 5) is 58.3. The number of amides is 2. The molecular weight excluding hydrogens is 546 g/mol. The van der Waals surface area contributed by atoms with E-state index in [9.17, 15) is 19.2 Å². The zero-order valence-electron chi connectivity index (χ0n) is 24.2. The minimum atomic E-state index is -1.02. The van der Waals surface area contributed by atoms with Gasteiger partial charge in [-0.3, -0.25) is 29.2 Å². The Balaban J connectivity index is 1.57. The summed E-state index contributed by atoms with van der Waals surface area (Å²) in [5.74, 6) is -1.28. The molecule has 4 rings (SSSR count). The summed E-state index contributed by atoms with van der Waals surface area (Å²) in [6.45, 7) is 9.43. The van der Waals surface area contributed by atoms with E-state index in [1.165, 1.54) is 6.20 Å². The monoisotopic (exact) mass is 581 g/mol. The molecule has 42 heavy (non-hydrogen) atoms. The number of Topliss-reactive ketones (excluding diaryl/α,β-unsaturated/α-hetero) is 1. The van der Waals surface area contributed by atoms with E-state index in [0.29, 0.717) is 31.9 Å². The van der Waals surface area contributed by atoms with Crippen molar-refractivity contribution in [3.8, 4) is 11.4 Å². The first-order valence-corrected chi connectivity index (χ1v) is 13.5. The fourth-order valence-corrected chi connectivity index (χ4v) is 4.56. The Morgan fingerprint density at radius 2 is 1.79 bits per heavy atom. The van der Waals surface area contributed by atoms with Crippen LogP contribution in [-0.4, -0.2) is 81.9 Å². The van der Waals surface area contributed by atoms with Crippen LogP contribution in [0.3, 0.4) is 0 Å². The number of hydrogen-bond donors (Lipinski definition) is 2. The summed E-state index contributed by atoms with van der Waals surface area (Å²) < 4.78 is 17.0. The molecule has 0 unspecified atom stereocenters. The Morgan fingerprint density at radius 1 is 1.10 bits per heavy atom. The van der Waals surface area contributed by atoms with E-state index in [1.54, 1.807) is 44.2 Å². The van der Waals surface area contributed by atoms with Gasteiger partial charge in [0, 0.05) is 18.7 Å². The first kappa shape index (κ1) is 30.5. The van der Waals surface area contributed by atoms with Crippen LogP contribution in [0, 0.1) is 5.92 Å². The van der Waals surface area contributed by atoms with Crippen molar-refractivity contribution >= 4 is 23.5 Å². The second-order valence-corrected chi connectivity index (χ2v) is 10.6. The van der Waals surface area contributed by atoms with Crippen LogP contribution in [0.4, 0.5) is 10.5 Å². The van der Waals surface area contributed by atoms with E-state index in [0.717, 1.165) is 11.7 Å². The van der Waals surface area contributed by atoms with E-state index in [2.05, 4.69) is 35.5 Å². The molecule has 0 saturated carbocycles. The van der Waals surface area contributed by atoms with Gasteiger partial charge in [0.2, 0.25) is 17.6 Å². The Kier molecular flexibility index (Phi) is 9.48. The van der Waals surface area contributed by atoms with Gasteiger partial charge in [0.1, 0.15) is 18.1 Å². The van der Waals surface area contributed by atoms with Crippen molar-refractivity contribution in [1.82, 2.24) is 30.0 Å². The maximum Gasteiger partial charge on any atom is 0.411 e. The van der Waals surface area contributed by atoms with Gasteiger partial charge in [-0.25, -0.2) is 9.78 Å². The number of carbonyl (C=O) groups is 3. The zero-order valence-corrected chi connectivity index (χ0v) is 24.2. The minimum Gasteiger partial charge on any atom is -0.453 e. The van der Waals surface area contributed by atoms with Crippen LogP contribution >= 0.6 is 0 Å². The number of aromatic nitrogens is 4. The maximum atomic E-state index is 13.5. The predicted octanol–water partition coefficient (Wildman–Crippen LogP) is 2.06. The number of morpholine rings is 1. The van der Waals surface area contributed by atoms with Crippen LogP contribution in [0.5, 0.6) is 0 Å². The van der Waals surface area contributed by atoms with Crippen molar-refractivity contribution in [2.75, 3.05) is 38.7 Å². The molecule has 1 fully saturated rings. The first-order chi connectivity index (χ1) is 20.0. The largest absolute Gasteiger partial charge is 0.453 e. The normalized spacial score (nSPS) is 14.8. The van der Waals surface area contributed by atoms with Crippen molar-refractivity contribution in [2.24, 2.45) is 5.92 Å². The maximum absolute atomic E-state index is 13.5. The van der Waals surface area contributed by atoms with Gasteiger partial charge in [-0.2, -0.15) is 0 Å². The Morgan fingerprint density at radius 3 is 2.43 bits per heavy atom. The Bertz CT molecular complexity index is 1480. The summed E-state index contributed by atoms with van der Waals surface area (Å²) in [6.07, 6.45) is 0.334. The summed E-state index contributed by atoms with van der Waals surface area (Å²) in [6, 6.07) is 7.77. The minimum absolute atomic E-state index is 0.174. The van der Waals surface area contributed by atoms with Crippen molar-refractivity contribution in [2.45, 2.75) is 45.8 Å². The number of hydrogen-bond acceptors (Lipinski definition) is 11. The highest BCUT2D eigenvalue weighted by molar-refractivity contribution is 5.98. The summed E-state index contributed by atoms with van der Waals surface area (Å²) >= 11 is 0. The van der Waals surface area contributed by atoms with Crippen LogP contribution in [0.25, 0.3) is 11.4 Å². The third-order valence-electron chi connectivity index (χ3n) is 7.03. The summed E-state index contributed by atoms with van der Waals surface area (Å²) in [5, 5.41) is 13.2. The third-order valence-corrected chi connectivity index (χ3v) is 7.03. The average Bonchev–Trinajstić information content (AvgIpc) is 3.50. The Labute approximate surface area is 242 Å². The molecule has 1 aromatic carbocycles. The van der Waals surface area contributed by atoms with Gasteiger partial charge < -0.3 is 19.2 Å². The topological polar surface area (TPSA) is 171 Å². The zero-order chi connectivity index (χ0) is 30.4. The van der Waals surface area contributed by atoms with Gasteiger partial charge in [0.25, 0.3) is 11.4 Å². The highest BCUT2D eigenvalue weighted by Crippen LogP contribution is 2.28. The van der Waals surface area contributed by atoms with Crippen molar-refractivity contribution in [3.63, 3.8) is 0 Å². The molecular formula is C28H35N7O7. The molecule has 0 bridgehead atoms. The lowest BCUT2D eigenvalue weighted by atomic mass is 9.99. The van der Waals surface area contributed by atoms with E-state index < -0.39 is 41.5 Å². The molecule has 14 nitrogen and oxygen atoms in total. The second-order valence-electron chi connectivity index (χ2n) is 10.6. The molecule has 14 heteroatoms. The molecule has 0 radical (unpaired) electrons. The van der Waals surface area contributed by atoms with Gasteiger partial charge in [0.15, 0.2) is 0 Å². The van der Waals surface area contributed by atoms with E-state index in [4.69, 9.17) is 9.15 Å². The fourth-order valence-electron chi connectivity index (χ4n) is 4.56. The van der Waals surface area contributed by atoms with Gasteiger partial charge >= 0.3 is 6.09 Å². The molecule has 1 aliphatic rings. The number of nitrogens with one attached hydrogen (secondary N) is 2. The van der Waals surface area contributed by atoms with Crippen LogP contribution in [-0.2, 0) is 26.4 Å². The third kappa shape index (κ3) is 6.71. The highest BCUT2D eigenvalue weighted by atomic mass is 16.5. The van der Waals surface area contributed by atoms with Crippen molar-refractivity contribution in [3.05, 3.63) is 58.7 Å². The molecule has 2 amide bonds. The molecule has 1 saturated heterocycles. The van der Waals surface area contributed by atoms with Crippen LogP contribution < -0.4 is 16.2 Å². The molecule has 1 aliphatic heterocycles. The predicted molar refractivity (Wildman–Crippen MR) is 151 cm³/mol. The number of ketones is 1. The summed E-state index contributed by atoms with van der Waals surface area (Å²) in [5.41, 5.74) is -0.905. The van der Waals surface area contributed by atoms with Crippen LogP contribution in [0.15, 0.2) is 45.7 Å². The van der Waals surface area contributed by atoms with Gasteiger partial charge in [-0.05, 0) is 19.8 Å². The lowest BCUT2D eigenvalue weighted by Crippen LogP contribution is -2.48. The molecule has 2 N–H and O–H groups in total. The lowest BCUT2D eigenvalue weighted by Gasteiger charge is -2.38. The number of ether oxygens (including phenoxy) is 2. The fraction of sp³-hybridized carbons (Fsp3) is 0.464. The highest BCUT2D eigenvalue weighted by Gasteiger charge is 2.37. The summed E-state index contributed by atoms with van der Waals surface area (Å²) in [7, 11) is 1.16. The van der Waals surface area contributed by atoms with E-state index >= 15 is 0 Å². The molecule has 1 atom stereocenters. The number of methoxy groups -OCH3 is 1. The SMILES string of the molecule is COC(=O)Nc1cnc(-c2ccccc2)n(CC(=O)N[C@@H](C(=O)c2nnc(C(C)(C)N3CCOCC3)o2)C(C)C)c1=O. The second kappa shape index (κ2) is 13.0. The van der Waals surface area contributed by atoms with Crippen molar-refractivity contribution in [1.29, 1.82) is 0 Å². The van der Waals surface area contributed by atoms with Crippen LogP contribution in [0.2, 0.25) is 0 Å². The number of benzene rings is 1. The average molecular weight is 582 g/mol. The van der Waals surface area contributed by atoms with E-state index in [1.807, 2.05) is 13.8 Å². The van der Waals surface area contributed by atoms with Crippen LogP contribution in [0.1, 0.15) is 44.3 Å². The molecule has 0 spiro atoms. The first-order valence-electron chi connectivity index (χ1n) is 13.5. The lowest BCUT2D eigenvalue weighted by molar-refractivity contribution is -0.122. The molecule has 0 aliphatic carbocycles. The standard InChI is InChI=1S/C28H35N7O7/c1-17(2)21(22(37)24-32-33-26(42-24)28(3,4)34-11-13-41-14-12-34)31-20(36)16-35-23(18-9-7-6-8-10-18)29-15-19(25(35)38)30-27(39)40-5/h6-10,15,17,21H,11-14,16H2,1-5H3,(H,30,39)(H,31,36)/t21-/m1/s1. The smallest absolute Gasteiger partial charge is 0.411 e. The number of carbonyl (C=O) groups excluding carboxylic acids is 3. The number of anilines is 1.